The van der Waals surface area contributed by atoms with Crippen LogP contribution in [0.3, 0.4) is 0 Å². The number of carbonyl (C=O) groups is 2. The van der Waals surface area contributed by atoms with Crippen molar-refractivity contribution in [1.29, 1.82) is 0 Å². The highest BCUT2D eigenvalue weighted by Crippen LogP contribution is 2.19. The SMILES string of the molecule is CCCCOCC(O)COC1C(=O)C(=O)O[C@@H]1[C@@H](O)CO. The lowest BCUT2D eigenvalue weighted by Gasteiger charge is -2.21. The summed E-state index contributed by atoms with van der Waals surface area (Å²) in [5.74, 6) is -2.06. The van der Waals surface area contributed by atoms with Crippen molar-refractivity contribution in [3.8, 4) is 0 Å². The Morgan fingerprint density at radius 3 is 2.62 bits per heavy atom. The largest absolute Gasteiger partial charge is 0.450 e. The average molecular weight is 306 g/mol. The first-order chi connectivity index (χ1) is 10.0. The van der Waals surface area contributed by atoms with Crippen LogP contribution in [-0.4, -0.2) is 77.9 Å². The van der Waals surface area contributed by atoms with Gasteiger partial charge in [0.1, 0.15) is 12.2 Å². The summed E-state index contributed by atoms with van der Waals surface area (Å²) in [4.78, 5) is 22.7. The molecular weight excluding hydrogens is 284 g/mol. The molecule has 0 amide bonds. The summed E-state index contributed by atoms with van der Waals surface area (Å²) in [5, 5.41) is 28.0. The Hall–Kier alpha value is -1.06. The Morgan fingerprint density at radius 2 is 2.00 bits per heavy atom. The summed E-state index contributed by atoms with van der Waals surface area (Å²) in [7, 11) is 0. The van der Waals surface area contributed by atoms with Crippen LogP contribution in [0, 0.1) is 0 Å². The maximum absolute atomic E-state index is 11.5. The molecule has 1 rings (SSSR count). The number of Topliss-reactive ketones (excluding diaryl/α,β-unsaturated/α-hetero) is 1. The van der Waals surface area contributed by atoms with Gasteiger partial charge >= 0.3 is 5.97 Å². The van der Waals surface area contributed by atoms with Crippen molar-refractivity contribution in [3.05, 3.63) is 0 Å². The molecule has 3 N–H and O–H groups in total. The van der Waals surface area contributed by atoms with E-state index in [9.17, 15) is 19.8 Å². The highest BCUT2D eigenvalue weighted by molar-refractivity contribution is 6.37. The second-order valence-electron chi connectivity index (χ2n) is 4.82. The molecule has 8 heteroatoms. The molecule has 0 spiro atoms. The molecule has 1 aliphatic heterocycles. The normalized spacial score (nSPS) is 25.0. The van der Waals surface area contributed by atoms with E-state index in [1.807, 2.05) is 6.92 Å². The van der Waals surface area contributed by atoms with Gasteiger partial charge in [-0.2, -0.15) is 0 Å². The van der Waals surface area contributed by atoms with Gasteiger partial charge in [-0.3, -0.25) is 4.79 Å². The molecule has 4 atom stereocenters. The van der Waals surface area contributed by atoms with Crippen LogP contribution in [0.5, 0.6) is 0 Å². The van der Waals surface area contributed by atoms with Crippen molar-refractivity contribution in [3.63, 3.8) is 0 Å². The lowest BCUT2D eigenvalue weighted by atomic mass is 10.1. The van der Waals surface area contributed by atoms with Crippen molar-refractivity contribution in [2.24, 2.45) is 0 Å². The summed E-state index contributed by atoms with van der Waals surface area (Å²) in [6.07, 6.45) is -3.11. The maximum Gasteiger partial charge on any atom is 0.378 e. The van der Waals surface area contributed by atoms with Crippen LogP contribution in [0.1, 0.15) is 19.8 Å². The van der Waals surface area contributed by atoms with E-state index in [1.165, 1.54) is 0 Å². The molecule has 122 valence electrons. The molecule has 0 aromatic carbocycles. The van der Waals surface area contributed by atoms with Crippen molar-refractivity contribution in [1.82, 2.24) is 0 Å². The van der Waals surface area contributed by atoms with Gasteiger partial charge in [0.25, 0.3) is 5.78 Å². The van der Waals surface area contributed by atoms with Gasteiger partial charge in [0.2, 0.25) is 0 Å². The molecular formula is C13H22O8. The molecule has 1 aliphatic rings. The van der Waals surface area contributed by atoms with E-state index in [1.54, 1.807) is 0 Å². The minimum Gasteiger partial charge on any atom is -0.450 e. The zero-order valence-electron chi connectivity index (χ0n) is 11.9. The van der Waals surface area contributed by atoms with Gasteiger partial charge in [0.15, 0.2) is 12.2 Å². The lowest BCUT2D eigenvalue weighted by Crippen LogP contribution is -2.42. The Balaban J connectivity index is 2.40. The molecule has 0 saturated carbocycles. The number of carbonyl (C=O) groups excluding carboxylic acids is 2. The topological polar surface area (TPSA) is 123 Å². The van der Waals surface area contributed by atoms with E-state index in [0.717, 1.165) is 12.8 Å². The van der Waals surface area contributed by atoms with Gasteiger partial charge < -0.3 is 29.5 Å². The number of cyclic esters (lactones) is 1. The van der Waals surface area contributed by atoms with Crippen molar-refractivity contribution in [2.75, 3.05) is 26.4 Å². The lowest BCUT2D eigenvalue weighted by molar-refractivity contribution is -0.152. The molecule has 1 saturated heterocycles. The molecule has 0 radical (unpaired) electrons. The summed E-state index contributed by atoms with van der Waals surface area (Å²) >= 11 is 0. The smallest absolute Gasteiger partial charge is 0.378 e. The van der Waals surface area contributed by atoms with Gasteiger partial charge in [0, 0.05) is 6.61 Å². The fourth-order valence-electron chi connectivity index (χ4n) is 1.79. The Bertz CT molecular complexity index is 345. The average Bonchev–Trinajstić information content (AvgIpc) is 2.76. The van der Waals surface area contributed by atoms with Gasteiger partial charge in [-0.05, 0) is 6.42 Å². The third-order valence-corrected chi connectivity index (χ3v) is 2.99. The van der Waals surface area contributed by atoms with Crippen LogP contribution in [0.15, 0.2) is 0 Å². The van der Waals surface area contributed by atoms with Crippen LogP contribution in [0.25, 0.3) is 0 Å². The Kier molecular flexibility index (Phi) is 7.76. The van der Waals surface area contributed by atoms with Crippen LogP contribution < -0.4 is 0 Å². The minimum atomic E-state index is -1.41. The molecule has 0 aliphatic carbocycles. The highest BCUT2D eigenvalue weighted by Gasteiger charge is 2.48. The number of aliphatic hydroxyl groups is 3. The molecule has 1 fully saturated rings. The summed E-state index contributed by atoms with van der Waals surface area (Å²) < 4.78 is 15.0. The molecule has 2 unspecified atom stereocenters. The second-order valence-corrected chi connectivity index (χ2v) is 4.82. The highest BCUT2D eigenvalue weighted by atomic mass is 16.6. The van der Waals surface area contributed by atoms with E-state index < -0.39 is 42.8 Å². The summed E-state index contributed by atoms with van der Waals surface area (Å²) in [6.45, 7) is 1.66. The summed E-state index contributed by atoms with van der Waals surface area (Å²) in [6, 6.07) is 0. The number of hydrogen-bond donors (Lipinski definition) is 3. The number of rotatable bonds is 10. The van der Waals surface area contributed by atoms with Gasteiger partial charge in [-0.1, -0.05) is 13.3 Å². The second kappa shape index (κ2) is 9.06. The van der Waals surface area contributed by atoms with Crippen molar-refractivity contribution in [2.45, 2.75) is 44.2 Å². The number of aliphatic hydroxyl groups excluding tert-OH is 3. The first kappa shape index (κ1) is 18.0. The Morgan fingerprint density at radius 1 is 1.29 bits per heavy atom. The van der Waals surface area contributed by atoms with Crippen molar-refractivity contribution < 1.29 is 39.1 Å². The van der Waals surface area contributed by atoms with Gasteiger partial charge in [-0.15, -0.1) is 0 Å². The third-order valence-electron chi connectivity index (χ3n) is 2.99. The first-order valence-electron chi connectivity index (χ1n) is 6.92. The number of hydrogen-bond acceptors (Lipinski definition) is 8. The van der Waals surface area contributed by atoms with E-state index in [4.69, 9.17) is 14.6 Å². The fraction of sp³-hybridized carbons (Fsp3) is 0.846. The molecule has 8 nitrogen and oxygen atoms in total. The zero-order chi connectivity index (χ0) is 15.8. The van der Waals surface area contributed by atoms with E-state index >= 15 is 0 Å². The van der Waals surface area contributed by atoms with E-state index in [-0.39, 0.29) is 13.2 Å². The zero-order valence-corrected chi connectivity index (χ0v) is 11.9. The third kappa shape index (κ3) is 5.33. The predicted molar refractivity (Wildman–Crippen MR) is 69.5 cm³/mol. The maximum atomic E-state index is 11.5. The Labute approximate surface area is 122 Å². The number of ether oxygens (including phenoxy) is 3. The number of esters is 1. The number of unbranched alkanes of at least 4 members (excludes halogenated alkanes) is 1. The molecule has 0 bridgehead atoms. The monoisotopic (exact) mass is 306 g/mol. The van der Waals surface area contributed by atoms with Crippen LogP contribution >= 0.6 is 0 Å². The predicted octanol–water partition coefficient (Wildman–Crippen LogP) is -1.60. The standard InChI is InChI=1S/C13H22O8/c1-2-3-4-19-6-8(15)7-20-12-10(17)13(18)21-11(12)9(16)5-14/h8-9,11-12,14-16H,2-7H2,1H3/t8?,9-,11+,12?/m0/s1. The van der Waals surface area contributed by atoms with Crippen molar-refractivity contribution >= 4 is 11.8 Å². The van der Waals surface area contributed by atoms with Crippen LogP contribution in [0.2, 0.25) is 0 Å². The fourth-order valence-corrected chi connectivity index (χ4v) is 1.79. The van der Waals surface area contributed by atoms with Gasteiger partial charge in [0.05, 0.1) is 19.8 Å². The van der Waals surface area contributed by atoms with Crippen LogP contribution in [-0.2, 0) is 23.8 Å². The first-order valence-corrected chi connectivity index (χ1v) is 6.92. The molecule has 0 aromatic heterocycles. The molecule has 0 aromatic rings. The van der Waals surface area contributed by atoms with Crippen LogP contribution in [0.4, 0.5) is 0 Å². The van der Waals surface area contributed by atoms with E-state index in [0.29, 0.717) is 6.61 Å². The quantitative estimate of drug-likeness (QED) is 0.250. The minimum absolute atomic E-state index is 0.0446. The van der Waals surface area contributed by atoms with E-state index in [2.05, 4.69) is 4.74 Å². The van der Waals surface area contributed by atoms with Gasteiger partial charge in [-0.25, -0.2) is 4.79 Å². The number of ketones is 1. The summed E-state index contributed by atoms with van der Waals surface area (Å²) in [5.41, 5.74) is 0. The molecule has 21 heavy (non-hydrogen) atoms. The molecule has 1 heterocycles.